The van der Waals surface area contributed by atoms with E-state index in [4.69, 9.17) is 4.42 Å². The quantitative estimate of drug-likeness (QED) is 0.351. The number of anilines is 1. The highest BCUT2D eigenvalue weighted by Crippen LogP contribution is 2.26. The molecule has 130 valence electrons. The number of carbonyl (C=O) groups excluding carboxylic acids is 1. The topological polar surface area (TPSA) is 85.4 Å². The number of nitrogens with zero attached hydrogens (tertiary/aromatic N) is 1. The fourth-order valence-electron chi connectivity index (χ4n) is 2.28. The number of amides is 1. The summed E-state index contributed by atoms with van der Waals surface area (Å²) in [4.78, 5) is 22.4. The summed E-state index contributed by atoms with van der Waals surface area (Å²) in [6.07, 6.45) is 2.89. The van der Waals surface area contributed by atoms with Gasteiger partial charge in [-0.3, -0.25) is 14.9 Å². The van der Waals surface area contributed by atoms with Crippen LogP contribution in [0.2, 0.25) is 0 Å². The van der Waals surface area contributed by atoms with Crippen LogP contribution < -0.4 is 5.32 Å². The third-order valence-corrected chi connectivity index (χ3v) is 3.95. The van der Waals surface area contributed by atoms with E-state index in [9.17, 15) is 14.9 Å². The Kier molecular flexibility index (Phi) is 5.28. The Balaban J connectivity index is 1.70. The predicted molar refractivity (Wildman–Crippen MR) is 103 cm³/mol. The Bertz CT molecular complexity index is 994. The molecular weight excluding hydrogens is 400 g/mol. The molecule has 3 rings (SSSR count). The van der Waals surface area contributed by atoms with Gasteiger partial charge >= 0.3 is 0 Å². The molecule has 0 atom stereocenters. The molecule has 0 fully saturated rings. The predicted octanol–water partition coefficient (Wildman–Crippen LogP) is 5.27. The summed E-state index contributed by atoms with van der Waals surface area (Å²) in [6.45, 7) is 0. The van der Waals surface area contributed by atoms with Crippen LogP contribution in [0, 0.1) is 10.1 Å². The number of halogens is 1. The van der Waals surface area contributed by atoms with Gasteiger partial charge in [-0.1, -0.05) is 34.1 Å². The zero-order valence-corrected chi connectivity index (χ0v) is 15.0. The van der Waals surface area contributed by atoms with E-state index in [1.807, 2.05) is 12.1 Å². The van der Waals surface area contributed by atoms with Crippen LogP contribution in [0.25, 0.3) is 17.4 Å². The third kappa shape index (κ3) is 4.46. The lowest BCUT2D eigenvalue weighted by Gasteiger charge is -2.01. The summed E-state index contributed by atoms with van der Waals surface area (Å²) >= 11 is 3.34. The molecule has 0 saturated heterocycles. The van der Waals surface area contributed by atoms with E-state index >= 15 is 0 Å². The van der Waals surface area contributed by atoms with Crippen molar-refractivity contribution >= 4 is 39.3 Å². The zero-order chi connectivity index (χ0) is 18.5. The van der Waals surface area contributed by atoms with Gasteiger partial charge in [0.1, 0.15) is 11.5 Å². The molecule has 0 bridgehead atoms. The Morgan fingerprint density at radius 1 is 1.12 bits per heavy atom. The number of nitrogens with one attached hydrogen (secondary N) is 1. The van der Waals surface area contributed by atoms with E-state index in [1.54, 1.807) is 36.4 Å². The number of nitro groups is 1. The Morgan fingerprint density at radius 2 is 1.92 bits per heavy atom. The molecule has 0 radical (unpaired) electrons. The summed E-state index contributed by atoms with van der Waals surface area (Å²) in [7, 11) is 0. The smallest absolute Gasteiger partial charge is 0.270 e. The molecule has 0 aliphatic heterocycles. The first-order valence-corrected chi connectivity index (χ1v) is 8.40. The second-order valence-corrected chi connectivity index (χ2v) is 6.26. The molecule has 26 heavy (non-hydrogen) atoms. The average molecular weight is 413 g/mol. The molecular formula is C19H13BrN2O4. The molecule has 6 nitrogen and oxygen atoms in total. The average Bonchev–Trinajstić information content (AvgIpc) is 3.09. The number of hydrogen-bond donors (Lipinski definition) is 1. The van der Waals surface area contributed by atoms with E-state index in [2.05, 4.69) is 21.2 Å². The van der Waals surface area contributed by atoms with Crippen LogP contribution in [0.15, 0.2) is 75.6 Å². The lowest BCUT2D eigenvalue weighted by molar-refractivity contribution is -0.384. The maximum Gasteiger partial charge on any atom is 0.270 e. The van der Waals surface area contributed by atoms with E-state index in [0.29, 0.717) is 22.8 Å². The fourth-order valence-corrected chi connectivity index (χ4v) is 2.68. The molecule has 7 heteroatoms. The minimum absolute atomic E-state index is 0.00982. The van der Waals surface area contributed by atoms with Gasteiger partial charge in [0.25, 0.3) is 5.69 Å². The van der Waals surface area contributed by atoms with Crippen LogP contribution in [0.4, 0.5) is 11.4 Å². The van der Waals surface area contributed by atoms with E-state index in [-0.39, 0.29) is 11.6 Å². The van der Waals surface area contributed by atoms with Gasteiger partial charge in [-0.15, -0.1) is 0 Å². The molecule has 0 aliphatic rings. The van der Waals surface area contributed by atoms with Crippen LogP contribution in [-0.2, 0) is 4.79 Å². The second kappa shape index (κ2) is 7.79. The maximum absolute atomic E-state index is 12.0. The number of carbonyl (C=O) groups is 1. The molecule has 0 aliphatic carbocycles. The van der Waals surface area contributed by atoms with Gasteiger partial charge < -0.3 is 9.73 Å². The van der Waals surface area contributed by atoms with Gasteiger partial charge in [0, 0.05) is 33.9 Å². The summed E-state index contributed by atoms with van der Waals surface area (Å²) in [5, 5.41) is 13.6. The standard InChI is InChI=1S/C19H13BrN2O4/c20-14-4-2-5-15(12-14)21-19(23)10-8-17-7-9-18(26-17)13-3-1-6-16(11-13)22(24)25/h1-12H,(H,21,23). The molecule has 0 unspecified atom stereocenters. The maximum atomic E-state index is 12.0. The lowest BCUT2D eigenvalue weighted by Crippen LogP contribution is -2.07. The minimum Gasteiger partial charge on any atom is -0.457 e. The van der Waals surface area contributed by atoms with Crippen LogP contribution >= 0.6 is 15.9 Å². The minimum atomic E-state index is -0.459. The van der Waals surface area contributed by atoms with Gasteiger partial charge in [-0.2, -0.15) is 0 Å². The third-order valence-electron chi connectivity index (χ3n) is 3.46. The van der Waals surface area contributed by atoms with Crippen molar-refractivity contribution in [2.75, 3.05) is 5.32 Å². The molecule has 1 heterocycles. The number of rotatable bonds is 5. The highest BCUT2D eigenvalue weighted by molar-refractivity contribution is 9.10. The van der Waals surface area contributed by atoms with Crippen LogP contribution in [-0.4, -0.2) is 10.8 Å². The van der Waals surface area contributed by atoms with Crippen molar-refractivity contribution in [1.82, 2.24) is 0 Å². The molecule has 1 aromatic heterocycles. The van der Waals surface area contributed by atoms with E-state index in [1.165, 1.54) is 24.3 Å². The first-order valence-electron chi connectivity index (χ1n) is 7.60. The number of nitro benzene ring substituents is 1. The summed E-state index contributed by atoms with van der Waals surface area (Å²) in [6, 6.07) is 16.8. The van der Waals surface area contributed by atoms with Gasteiger partial charge in [-0.25, -0.2) is 0 Å². The van der Waals surface area contributed by atoms with Crippen molar-refractivity contribution in [2.45, 2.75) is 0 Å². The first kappa shape index (κ1) is 17.6. The van der Waals surface area contributed by atoms with Gasteiger partial charge in [0.2, 0.25) is 5.91 Å². The Morgan fingerprint density at radius 3 is 2.69 bits per heavy atom. The normalized spacial score (nSPS) is 10.8. The number of benzene rings is 2. The molecule has 1 amide bonds. The van der Waals surface area contributed by atoms with Crippen molar-refractivity contribution in [1.29, 1.82) is 0 Å². The van der Waals surface area contributed by atoms with E-state index in [0.717, 1.165) is 4.47 Å². The van der Waals surface area contributed by atoms with Crippen molar-refractivity contribution < 1.29 is 14.1 Å². The fraction of sp³-hybridized carbons (Fsp3) is 0. The summed E-state index contributed by atoms with van der Waals surface area (Å²) in [5.74, 6) is 0.660. The van der Waals surface area contributed by atoms with Crippen molar-refractivity contribution in [2.24, 2.45) is 0 Å². The van der Waals surface area contributed by atoms with Crippen LogP contribution in [0.3, 0.4) is 0 Å². The number of hydrogen-bond acceptors (Lipinski definition) is 4. The Labute approximate surface area is 157 Å². The van der Waals surface area contributed by atoms with Gasteiger partial charge in [0.15, 0.2) is 0 Å². The first-order chi connectivity index (χ1) is 12.5. The molecule has 0 spiro atoms. The zero-order valence-electron chi connectivity index (χ0n) is 13.4. The Hall–Kier alpha value is -3.19. The van der Waals surface area contributed by atoms with Crippen LogP contribution in [0.5, 0.6) is 0 Å². The second-order valence-electron chi connectivity index (χ2n) is 5.34. The molecule has 3 aromatic rings. The summed E-state index contributed by atoms with van der Waals surface area (Å²) in [5.41, 5.74) is 1.26. The number of non-ortho nitro benzene ring substituents is 1. The molecule has 0 saturated carbocycles. The van der Waals surface area contributed by atoms with E-state index < -0.39 is 4.92 Å². The monoisotopic (exact) mass is 412 g/mol. The van der Waals surface area contributed by atoms with Crippen molar-refractivity contribution in [3.05, 3.63) is 87.1 Å². The highest BCUT2D eigenvalue weighted by Gasteiger charge is 2.09. The van der Waals surface area contributed by atoms with Crippen molar-refractivity contribution in [3.8, 4) is 11.3 Å². The van der Waals surface area contributed by atoms with Gasteiger partial charge in [0.05, 0.1) is 4.92 Å². The largest absolute Gasteiger partial charge is 0.457 e. The van der Waals surface area contributed by atoms with Gasteiger partial charge in [-0.05, 0) is 36.4 Å². The lowest BCUT2D eigenvalue weighted by atomic mass is 10.1. The highest BCUT2D eigenvalue weighted by atomic mass is 79.9. The molecule has 2 aromatic carbocycles. The summed E-state index contributed by atoms with van der Waals surface area (Å²) < 4.78 is 6.49. The van der Waals surface area contributed by atoms with Crippen LogP contribution in [0.1, 0.15) is 5.76 Å². The molecule has 1 N–H and O–H groups in total. The van der Waals surface area contributed by atoms with Crippen molar-refractivity contribution in [3.63, 3.8) is 0 Å². The number of furan rings is 1. The SMILES string of the molecule is O=C(C=Cc1ccc(-c2cccc([N+](=O)[O-])c2)o1)Nc1cccc(Br)c1.